The Balaban J connectivity index is 2.00. The second kappa shape index (κ2) is 8.05. The van der Waals surface area contributed by atoms with Gasteiger partial charge in [-0.25, -0.2) is 0 Å². The van der Waals surface area contributed by atoms with Gasteiger partial charge in [-0.1, -0.05) is 13.8 Å². The second-order valence-corrected chi connectivity index (χ2v) is 8.94. The number of aliphatic hydroxyl groups is 1. The molecule has 28 heavy (non-hydrogen) atoms. The standard InChI is InChI=1S/C21H22Br2O5/c1-11(2)14-8-12(4-5-17(14)27-3)28-20-16(22)9-15-13(19(20)23)6-7-21(15,26)10-18(24)25/h4-5,8-9,11,26H,6-7,10H2,1-3H3,(H,24,25). The fourth-order valence-corrected chi connectivity index (χ4v) is 5.12. The number of hydrogen-bond donors (Lipinski definition) is 2. The summed E-state index contributed by atoms with van der Waals surface area (Å²) >= 11 is 7.11. The van der Waals surface area contributed by atoms with Gasteiger partial charge in [0.2, 0.25) is 0 Å². The van der Waals surface area contributed by atoms with E-state index >= 15 is 0 Å². The van der Waals surface area contributed by atoms with Crippen LogP contribution in [0.5, 0.6) is 17.2 Å². The topological polar surface area (TPSA) is 76.0 Å². The number of methoxy groups -OCH3 is 1. The van der Waals surface area contributed by atoms with Crippen LogP contribution in [0.2, 0.25) is 0 Å². The monoisotopic (exact) mass is 512 g/mol. The summed E-state index contributed by atoms with van der Waals surface area (Å²) in [4.78, 5) is 11.2. The summed E-state index contributed by atoms with van der Waals surface area (Å²) in [5.74, 6) is 1.33. The lowest BCUT2D eigenvalue weighted by Crippen LogP contribution is -2.26. The minimum absolute atomic E-state index is 0.274. The molecule has 1 atom stereocenters. The predicted molar refractivity (Wildman–Crippen MR) is 113 cm³/mol. The van der Waals surface area contributed by atoms with Crippen molar-refractivity contribution in [3.8, 4) is 17.2 Å². The van der Waals surface area contributed by atoms with Crippen molar-refractivity contribution in [2.45, 2.75) is 44.6 Å². The number of benzene rings is 2. The van der Waals surface area contributed by atoms with E-state index in [1.165, 1.54) is 0 Å². The van der Waals surface area contributed by atoms with Gasteiger partial charge < -0.3 is 19.7 Å². The van der Waals surface area contributed by atoms with Gasteiger partial charge in [0.25, 0.3) is 0 Å². The number of fused-ring (bicyclic) bond motifs is 1. The molecule has 2 aromatic carbocycles. The smallest absolute Gasteiger partial charge is 0.306 e. The van der Waals surface area contributed by atoms with Crippen molar-refractivity contribution in [3.05, 3.63) is 49.9 Å². The molecule has 1 aliphatic carbocycles. The minimum Gasteiger partial charge on any atom is -0.496 e. The number of halogens is 2. The second-order valence-electron chi connectivity index (χ2n) is 7.29. The lowest BCUT2D eigenvalue weighted by atomic mass is 9.92. The van der Waals surface area contributed by atoms with E-state index in [0.717, 1.165) is 21.3 Å². The highest BCUT2D eigenvalue weighted by atomic mass is 79.9. The highest BCUT2D eigenvalue weighted by molar-refractivity contribution is 9.11. The lowest BCUT2D eigenvalue weighted by Gasteiger charge is -2.23. The molecular weight excluding hydrogens is 492 g/mol. The van der Waals surface area contributed by atoms with Crippen molar-refractivity contribution >= 4 is 37.8 Å². The van der Waals surface area contributed by atoms with E-state index in [4.69, 9.17) is 14.6 Å². The third-order valence-electron chi connectivity index (χ3n) is 5.05. The zero-order chi connectivity index (χ0) is 20.6. The quantitative estimate of drug-likeness (QED) is 0.514. The SMILES string of the molecule is COc1ccc(Oc2c(Br)cc3c(c2Br)CCC3(O)CC(=O)O)cc1C(C)C. The van der Waals surface area contributed by atoms with Crippen molar-refractivity contribution in [2.24, 2.45) is 0 Å². The number of hydrogen-bond acceptors (Lipinski definition) is 4. The van der Waals surface area contributed by atoms with Gasteiger partial charge in [-0.15, -0.1) is 0 Å². The van der Waals surface area contributed by atoms with Crippen LogP contribution in [0.25, 0.3) is 0 Å². The van der Waals surface area contributed by atoms with Crippen molar-refractivity contribution in [3.63, 3.8) is 0 Å². The Labute approximate surface area is 180 Å². The Kier molecular flexibility index (Phi) is 6.08. The van der Waals surface area contributed by atoms with E-state index in [9.17, 15) is 9.90 Å². The summed E-state index contributed by atoms with van der Waals surface area (Å²) in [5.41, 5.74) is 1.18. The number of carboxylic acid groups (broad SMARTS) is 1. The molecule has 0 spiro atoms. The Morgan fingerprint density at radius 1 is 1.29 bits per heavy atom. The maximum atomic E-state index is 11.2. The first-order chi connectivity index (χ1) is 13.2. The van der Waals surface area contributed by atoms with E-state index in [-0.39, 0.29) is 12.3 Å². The van der Waals surface area contributed by atoms with Gasteiger partial charge in [0.15, 0.2) is 5.75 Å². The Morgan fingerprint density at radius 2 is 2.00 bits per heavy atom. The van der Waals surface area contributed by atoms with Crippen LogP contribution in [0.1, 0.15) is 49.3 Å². The molecule has 0 amide bonds. The van der Waals surface area contributed by atoms with E-state index in [1.807, 2.05) is 18.2 Å². The van der Waals surface area contributed by atoms with Crippen molar-refractivity contribution < 1.29 is 24.5 Å². The molecule has 1 unspecified atom stereocenters. The third kappa shape index (κ3) is 3.93. The molecule has 0 fully saturated rings. The number of aliphatic carboxylic acids is 1. The fraction of sp³-hybridized carbons (Fsp3) is 0.381. The van der Waals surface area contributed by atoms with Gasteiger partial charge in [0, 0.05) is 5.56 Å². The molecule has 0 saturated carbocycles. The van der Waals surface area contributed by atoms with Gasteiger partial charge in [-0.2, -0.15) is 0 Å². The highest BCUT2D eigenvalue weighted by Crippen LogP contribution is 2.49. The number of rotatable bonds is 6. The maximum Gasteiger partial charge on any atom is 0.306 e. The van der Waals surface area contributed by atoms with Crippen LogP contribution in [0, 0.1) is 0 Å². The summed E-state index contributed by atoms with van der Waals surface area (Å²) in [6, 6.07) is 7.44. The van der Waals surface area contributed by atoms with Crippen molar-refractivity contribution in [1.82, 2.24) is 0 Å². The largest absolute Gasteiger partial charge is 0.496 e. The number of carboxylic acids is 1. The van der Waals surface area contributed by atoms with Gasteiger partial charge >= 0.3 is 5.97 Å². The lowest BCUT2D eigenvalue weighted by molar-refractivity contribution is -0.142. The summed E-state index contributed by atoms with van der Waals surface area (Å²) in [5, 5.41) is 20.0. The Morgan fingerprint density at radius 3 is 2.61 bits per heavy atom. The summed E-state index contributed by atoms with van der Waals surface area (Å²) in [6.45, 7) is 4.18. The molecule has 0 radical (unpaired) electrons. The van der Waals surface area contributed by atoms with Crippen LogP contribution < -0.4 is 9.47 Å². The Hall–Kier alpha value is -1.57. The fourth-order valence-electron chi connectivity index (χ4n) is 3.64. The third-order valence-corrected chi connectivity index (χ3v) is 6.48. The Bertz CT molecular complexity index is 925. The first-order valence-corrected chi connectivity index (χ1v) is 10.6. The van der Waals surface area contributed by atoms with Crippen molar-refractivity contribution in [2.75, 3.05) is 7.11 Å². The molecule has 1 aliphatic rings. The average molecular weight is 514 g/mol. The molecule has 2 aromatic rings. The van der Waals surface area contributed by atoms with Gasteiger partial charge in [-0.05, 0) is 86.0 Å². The van der Waals surface area contributed by atoms with Crippen LogP contribution in [0.4, 0.5) is 0 Å². The zero-order valence-electron chi connectivity index (χ0n) is 15.9. The van der Waals surface area contributed by atoms with Crippen LogP contribution >= 0.6 is 31.9 Å². The van der Waals surface area contributed by atoms with Crippen LogP contribution in [-0.2, 0) is 16.8 Å². The van der Waals surface area contributed by atoms with Gasteiger partial charge in [-0.3, -0.25) is 4.79 Å². The summed E-state index contributed by atoms with van der Waals surface area (Å²) < 4.78 is 12.9. The van der Waals surface area contributed by atoms with Crippen LogP contribution in [0.3, 0.4) is 0 Å². The van der Waals surface area contributed by atoms with Crippen LogP contribution in [0.15, 0.2) is 33.2 Å². The van der Waals surface area contributed by atoms with Crippen molar-refractivity contribution in [1.29, 1.82) is 0 Å². The van der Waals surface area contributed by atoms with Gasteiger partial charge in [0.05, 0.1) is 22.5 Å². The van der Waals surface area contributed by atoms with Gasteiger partial charge in [0.1, 0.15) is 17.1 Å². The molecule has 0 aliphatic heterocycles. The minimum atomic E-state index is -1.37. The summed E-state index contributed by atoms with van der Waals surface area (Å²) in [7, 11) is 1.65. The molecule has 2 N–H and O–H groups in total. The molecule has 0 aromatic heterocycles. The summed E-state index contributed by atoms with van der Waals surface area (Å²) in [6.07, 6.45) is 0.613. The highest BCUT2D eigenvalue weighted by Gasteiger charge is 2.41. The predicted octanol–water partition coefficient (Wildman–Crippen LogP) is 5.74. The van der Waals surface area contributed by atoms with E-state index in [0.29, 0.717) is 34.4 Å². The molecule has 0 heterocycles. The van der Waals surface area contributed by atoms with E-state index < -0.39 is 11.6 Å². The normalized spacial score (nSPS) is 18.2. The molecule has 150 valence electrons. The number of ether oxygens (including phenoxy) is 2. The van der Waals surface area contributed by atoms with E-state index in [2.05, 4.69) is 45.7 Å². The molecular formula is C21H22Br2O5. The molecule has 0 saturated heterocycles. The van der Waals surface area contributed by atoms with E-state index in [1.54, 1.807) is 13.2 Å². The zero-order valence-corrected chi connectivity index (χ0v) is 19.1. The molecule has 0 bridgehead atoms. The average Bonchev–Trinajstić information content (AvgIpc) is 2.94. The first-order valence-electron chi connectivity index (χ1n) is 8.97. The first kappa shape index (κ1) is 21.1. The molecule has 7 heteroatoms. The molecule has 5 nitrogen and oxygen atoms in total. The maximum absolute atomic E-state index is 11.2. The van der Waals surface area contributed by atoms with Crippen LogP contribution in [-0.4, -0.2) is 23.3 Å². The number of carbonyl (C=O) groups is 1. The molecule has 3 rings (SSSR count).